The van der Waals surface area contributed by atoms with Gasteiger partial charge in [0.05, 0.1) is 31.1 Å². The quantitative estimate of drug-likeness (QED) is 0.839. The molecular weight excluding hydrogens is 340 g/mol. The van der Waals surface area contributed by atoms with Crippen molar-refractivity contribution in [1.82, 2.24) is 9.97 Å². The molecule has 0 unspecified atom stereocenters. The first-order valence-electron chi connectivity index (χ1n) is 9.30. The Bertz CT molecular complexity index is 904. The number of rotatable bonds is 4. The summed E-state index contributed by atoms with van der Waals surface area (Å²) >= 11 is 0. The molecule has 140 valence electrons. The van der Waals surface area contributed by atoms with Crippen LogP contribution in [-0.2, 0) is 16.6 Å². The van der Waals surface area contributed by atoms with Gasteiger partial charge in [-0.2, -0.15) is 0 Å². The van der Waals surface area contributed by atoms with Crippen LogP contribution in [0.1, 0.15) is 61.2 Å². The van der Waals surface area contributed by atoms with Gasteiger partial charge >= 0.3 is 5.97 Å². The summed E-state index contributed by atoms with van der Waals surface area (Å²) < 4.78 is 5.91. The molecule has 1 aliphatic heterocycles. The Hall–Kier alpha value is -2.87. The fourth-order valence-electron chi connectivity index (χ4n) is 3.62. The number of benzene rings is 1. The number of hydrogen-bond donors (Lipinski definition) is 1. The molecule has 0 saturated heterocycles. The van der Waals surface area contributed by atoms with E-state index in [0.29, 0.717) is 11.4 Å². The van der Waals surface area contributed by atoms with E-state index in [2.05, 4.69) is 47.8 Å². The van der Waals surface area contributed by atoms with Gasteiger partial charge in [0.2, 0.25) is 0 Å². The maximum Gasteiger partial charge on any atom is 0.309 e. The van der Waals surface area contributed by atoms with E-state index in [4.69, 9.17) is 9.84 Å². The zero-order valence-corrected chi connectivity index (χ0v) is 16.0. The highest BCUT2D eigenvalue weighted by Gasteiger charge is 2.35. The smallest absolute Gasteiger partial charge is 0.309 e. The fourth-order valence-corrected chi connectivity index (χ4v) is 3.62. The maximum atomic E-state index is 10.7. The molecule has 1 aromatic heterocycles. The molecule has 5 heteroatoms. The van der Waals surface area contributed by atoms with Gasteiger partial charge in [0.15, 0.2) is 0 Å². The Morgan fingerprint density at radius 2 is 2.00 bits per heavy atom. The zero-order chi connectivity index (χ0) is 19.4. The number of nitrogens with zero attached hydrogens (tertiary/aromatic N) is 2. The lowest BCUT2D eigenvalue weighted by Crippen LogP contribution is -2.32. The minimum Gasteiger partial charge on any atom is -0.493 e. The summed E-state index contributed by atoms with van der Waals surface area (Å²) in [6, 6.07) is 4.25. The van der Waals surface area contributed by atoms with Crippen LogP contribution in [-0.4, -0.2) is 27.7 Å². The minimum absolute atomic E-state index is 0.138. The van der Waals surface area contributed by atoms with Gasteiger partial charge in [-0.15, -0.1) is 0 Å². The van der Waals surface area contributed by atoms with Crippen LogP contribution in [0.15, 0.2) is 24.5 Å². The lowest BCUT2D eigenvalue weighted by molar-refractivity contribution is -0.136. The van der Waals surface area contributed by atoms with E-state index < -0.39 is 5.97 Å². The molecule has 0 amide bonds. The lowest BCUT2D eigenvalue weighted by atomic mass is 9.71. The standard InChI is InChI=1S/C22H24N2O3/c1-4-22(5-2)8-9-27-20-10-15(3)16(11-19(20)22)6-7-17-13-24-18(14-23-17)12-21(25)26/h10-11,13-14H,4-5,8-9,12H2,1-3H3,(H,25,26). The highest BCUT2D eigenvalue weighted by atomic mass is 16.5. The highest BCUT2D eigenvalue weighted by molar-refractivity contribution is 5.69. The van der Waals surface area contributed by atoms with E-state index in [1.54, 1.807) is 0 Å². The number of carbonyl (C=O) groups is 1. The van der Waals surface area contributed by atoms with E-state index in [1.807, 2.05) is 6.92 Å². The normalized spacial score (nSPS) is 14.5. The van der Waals surface area contributed by atoms with Crippen LogP contribution in [0.25, 0.3) is 0 Å². The monoisotopic (exact) mass is 364 g/mol. The van der Waals surface area contributed by atoms with E-state index in [1.165, 1.54) is 18.0 Å². The van der Waals surface area contributed by atoms with Gasteiger partial charge in [-0.3, -0.25) is 9.78 Å². The summed E-state index contributed by atoms with van der Waals surface area (Å²) in [6.45, 7) is 7.26. The SMILES string of the molecule is CCC1(CC)CCOc2cc(C)c(C#Cc3cnc(CC(=O)O)cn3)cc21. The number of carboxylic acid groups (broad SMARTS) is 1. The molecule has 5 nitrogen and oxygen atoms in total. The first-order valence-corrected chi connectivity index (χ1v) is 9.30. The average molecular weight is 364 g/mol. The molecule has 0 radical (unpaired) electrons. The van der Waals surface area contributed by atoms with Crippen LogP contribution in [0, 0.1) is 18.8 Å². The molecule has 3 rings (SSSR count). The Labute approximate surface area is 159 Å². The third-order valence-electron chi connectivity index (χ3n) is 5.45. The fraction of sp³-hybridized carbons (Fsp3) is 0.409. The largest absolute Gasteiger partial charge is 0.493 e. The van der Waals surface area contributed by atoms with Crippen LogP contribution in [0.3, 0.4) is 0 Å². The molecule has 0 bridgehead atoms. The second-order valence-corrected chi connectivity index (χ2v) is 6.96. The van der Waals surface area contributed by atoms with Crippen molar-refractivity contribution in [3.05, 3.63) is 52.6 Å². The third-order valence-corrected chi connectivity index (χ3v) is 5.45. The first-order chi connectivity index (χ1) is 13.0. The van der Waals surface area contributed by atoms with Crippen LogP contribution < -0.4 is 4.74 Å². The molecule has 1 aromatic carbocycles. The summed E-state index contributed by atoms with van der Waals surface area (Å²) in [5, 5.41) is 8.79. The predicted molar refractivity (Wildman–Crippen MR) is 103 cm³/mol. The molecule has 0 fully saturated rings. The maximum absolute atomic E-state index is 10.7. The van der Waals surface area contributed by atoms with Gasteiger partial charge in [-0.1, -0.05) is 19.8 Å². The van der Waals surface area contributed by atoms with Crippen LogP contribution in [0.2, 0.25) is 0 Å². The molecule has 0 spiro atoms. The summed E-state index contributed by atoms with van der Waals surface area (Å²) in [7, 11) is 0. The lowest BCUT2D eigenvalue weighted by Gasteiger charge is -2.38. The number of hydrogen-bond acceptors (Lipinski definition) is 4. The Balaban J connectivity index is 1.93. The topological polar surface area (TPSA) is 72.3 Å². The first kappa shape index (κ1) is 18.9. The molecule has 1 N–H and O–H groups in total. The van der Waals surface area contributed by atoms with Gasteiger partial charge in [0, 0.05) is 16.5 Å². The van der Waals surface area contributed by atoms with Gasteiger partial charge in [-0.05, 0) is 49.8 Å². The van der Waals surface area contributed by atoms with Crippen molar-refractivity contribution < 1.29 is 14.6 Å². The summed E-state index contributed by atoms with van der Waals surface area (Å²) in [4.78, 5) is 19.0. The Morgan fingerprint density at radius 1 is 1.22 bits per heavy atom. The number of aromatic nitrogens is 2. The van der Waals surface area contributed by atoms with Gasteiger partial charge < -0.3 is 9.84 Å². The molecule has 0 saturated carbocycles. The van der Waals surface area contributed by atoms with Crippen LogP contribution in [0.4, 0.5) is 0 Å². The van der Waals surface area contributed by atoms with Gasteiger partial charge in [-0.25, -0.2) is 4.98 Å². The number of carboxylic acids is 1. The highest BCUT2D eigenvalue weighted by Crippen LogP contribution is 2.44. The molecule has 0 aliphatic carbocycles. The Morgan fingerprint density at radius 3 is 2.63 bits per heavy atom. The molecule has 0 atom stereocenters. The van der Waals surface area contributed by atoms with Crippen molar-refractivity contribution in [2.45, 2.75) is 51.9 Å². The molecule has 2 heterocycles. The number of fused-ring (bicyclic) bond motifs is 1. The zero-order valence-electron chi connectivity index (χ0n) is 16.0. The van der Waals surface area contributed by atoms with E-state index >= 15 is 0 Å². The van der Waals surface area contributed by atoms with E-state index in [9.17, 15) is 4.79 Å². The van der Waals surface area contributed by atoms with E-state index in [-0.39, 0.29) is 11.8 Å². The number of aryl methyl sites for hydroxylation is 1. The van der Waals surface area contributed by atoms with E-state index in [0.717, 1.165) is 42.7 Å². The molecule has 1 aliphatic rings. The van der Waals surface area contributed by atoms with Crippen LogP contribution >= 0.6 is 0 Å². The van der Waals surface area contributed by atoms with Crippen molar-refractivity contribution in [1.29, 1.82) is 0 Å². The van der Waals surface area contributed by atoms with Gasteiger partial charge in [0.25, 0.3) is 0 Å². The van der Waals surface area contributed by atoms with Crippen molar-refractivity contribution in [3.8, 4) is 17.6 Å². The molecular formula is C22H24N2O3. The summed E-state index contributed by atoms with van der Waals surface area (Å²) in [6.07, 6.45) is 6.02. The van der Waals surface area contributed by atoms with Crippen molar-refractivity contribution in [2.75, 3.05) is 6.61 Å². The molecule has 27 heavy (non-hydrogen) atoms. The molecule has 2 aromatic rings. The Kier molecular flexibility index (Phi) is 5.46. The van der Waals surface area contributed by atoms with Gasteiger partial charge in [0.1, 0.15) is 11.4 Å². The van der Waals surface area contributed by atoms with Crippen molar-refractivity contribution in [2.24, 2.45) is 0 Å². The average Bonchev–Trinajstić information content (AvgIpc) is 2.66. The summed E-state index contributed by atoms with van der Waals surface area (Å²) in [5.41, 5.74) is 4.37. The number of ether oxygens (including phenoxy) is 1. The second-order valence-electron chi connectivity index (χ2n) is 6.96. The second kappa shape index (κ2) is 7.79. The van der Waals surface area contributed by atoms with Crippen molar-refractivity contribution in [3.63, 3.8) is 0 Å². The van der Waals surface area contributed by atoms with Crippen LogP contribution in [0.5, 0.6) is 5.75 Å². The third kappa shape index (κ3) is 3.95. The summed E-state index contributed by atoms with van der Waals surface area (Å²) in [5.74, 6) is 6.29. The predicted octanol–water partition coefficient (Wildman–Crippen LogP) is 3.65. The number of aliphatic carboxylic acids is 1. The minimum atomic E-state index is -0.926. The van der Waals surface area contributed by atoms with Crippen molar-refractivity contribution >= 4 is 5.97 Å².